The number of aryl methyl sites for hydroxylation is 4. The van der Waals surface area contributed by atoms with Gasteiger partial charge in [0, 0.05) is 24.1 Å². The first-order valence-corrected chi connectivity index (χ1v) is 11.2. The number of sulfonamides is 1. The molecule has 0 bridgehead atoms. The maximum Gasteiger partial charge on any atom is 0.262 e. The van der Waals surface area contributed by atoms with E-state index in [4.69, 9.17) is 0 Å². The highest BCUT2D eigenvalue weighted by Crippen LogP contribution is 2.33. The zero-order valence-corrected chi connectivity index (χ0v) is 17.1. The van der Waals surface area contributed by atoms with Gasteiger partial charge in [-0.1, -0.05) is 36.0 Å². The number of thioether (sulfide) groups is 1. The molecule has 0 unspecified atom stereocenters. The molecule has 1 aromatic heterocycles. The molecule has 0 saturated heterocycles. The van der Waals surface area contributed by atoms with Crippen molar-refractivity contribution >= 4 is 27.5 Å². The summed E-state index contributed by atoms with van der Waals surface area (Å²) >= 11 is 1.72. The molecule has 3 aromatic rings. The number of hydrogen-bond acceptors (Lipinski definition) is 4. The lowest BCUT2D eigenvalue weighted by Gasteiger charge is -2.14. The first-order valence-electron chi connectivity index (χ1n) is 8.75. The topological polar surface area (TPSA) is 64.0 Å². The van der Waals surface area contributed by atoms with Crippen LogP contribution in [0.2, 0.25) is 0 Å². The minimum atomic E-state index is -3.70. The van der Waals surface area contributed by atoms with Crippen molar-refractivity contribution in [3.05, 3.63) is 59.3 Å². The lowest BCUT2D eigenvalue weighted by Crippen LogP contribution is -2.15. The van der Waals surface area contributed by atoms with E-state index in [0.29, 0.717) is 10.6 Å². The third-order valence-corrected chi connectivity index (χ3v) is 7.31. The number of nitrogens with one attached hydrogen (secondary N) is 1. The Balaban J connectivity index is 1.74. The molecule has 5 nitrogen and oxygen atoms in total. The number of fused-ring (bicyclic) bond motifs is 1. The lowest BCUT2D eigenvalue weighted by atomic mass is 10.1. The Morgan fingerprint density at radius 3 is 2.59 bits per heavy atom. The van der Waals surface area contributed by atoms with E-state index in [-0.39, 0.29) is 0 Å². The molecule has 0 amide bonds. The van der Waals surface area contributed by atoms with Crippen molar-refractivity contribution in [1.82, 2.24) is 9.55 Å². The molecule has 2 heterocycles. The molecule has 27 heavy (non-hydrogen) atoms. The predicted octanol–water partition coefficient (Wildman–Crippen LogP) is 4.38. The first kappa shape index (κ1) is 18.1. The molecule has 1 aliphatic heterocycles. The standard InChI is InChI=1S/C20H21N3O2S2/c1-13-10-15(3)19(11-14(13)2)27(24,25)22-17-7-5-4-6-16(17)18-12-23-8-9-26-20(23)21-18/h4-7,10-12,22H,8-9H2,1-3H3. The van der Waals surface area contributed by atoms with E-state index in [1.807, 2.05) is 51.2 Å². The Bertz CT molecular complexity index is 1110. The molecule has 1 N–H and O–H groups in total. The average Bonchev–Trinajstić information content (AvgIpc) is 3.20. The van der Waals surface area contributed by atoms with Crippen LogP contribution in [0.1, 0.15) is 16.7 Å². The molecule has 0 aliphatic carbocycles. The van der Waals surface area contributed by atoms with E-state index in [1.165, 1.54) is 0 Å². The largest absolute Gasteiger partial charge is 0.325 e. The first-order chi connectivity index (χ1) is 12.8. The second-order valence-electron chi connectivity index (χ2n) is 6.80. The van der Waals surface area contributed by atoms with E-state index >= 15 is 0 Å². The van der Waals surface area contributed by atoms with Crippen LogP contribution in [-0.4, -0.2) is 23.7 Å². The highest BCUT2D eigenvalue weighted by atomic mass is 32.2. The van der Waals surface area contributed by atoms with Gasteiger partial charge in [-0.15, -0.1) is 0 Å². The van der Waals surface area contributed by atoms with Crippen molar-refractivity contribution in [1.29, 1.82) is 0 Å². The Kier molecular flexibility index (Phi) is 4.52. The Morgan fingerprint density at radius 2 is 1.81 bits per heavy atom. The third kappa shape index (κ3) is 3.37. The molecule has 0 fully saturated rings. The fraction of sp³-hybridized carbons (Fsp3) is 0.250. The van der Waals surface area contributed by atoms with Gasteiger partial charge >= 0.3 is 0 Å². The summed E-state index contributed by atoms with van der Waals surface area (Å²) in [6.07, 6.45) is 1.99. The Morgan fingerprint density at radius 1 is 1.07 bits per heavy atom. The number of para-hydroxylation sites is 1. The minimum Gasteiger partial charge on any atom is -0.325 e. The number of rotatable bonds is 4. The van der Waals surface area contributed by atoms with Crippen LogP contribution in [0, 0.1) is 20.8 Å². The Labute approximate surface area is 163 Å². The van der Waals surface area contributed by atoms with E-state index in [1.54, 1.807) is 23.9 Å². The van der Waals surface area contributed by atoms with Gasteiger partial charge in [-0.05, 0) is 49.6 Å². The van der Waals surface area contributed by atoms with Gasteiger partial charge in [0.15, 0.2) is 5.16 Å². The van der Waals surface area contributed by atoms with Crippen LogP contribution in [0.5, 0.6) is 0 Å². The van der Waals surface area contributed by atoms with Crippen LogP contribution in [0.3, 0.4) is 0 Å². The van der Waals surface area contributed by atoms with Crippen molar-refractivity contribution in [2.45, 2.75) is 37.4 Å². The fourth-order valence-electron chi connectivity index (χ4n) is 3.26. The number of anilines is 1. The molecule has 1 aliphatic rings. The van der Waals surface area contributed by atoms with Gasteiger partial charge in [0.1, 0.15) is 0 Å². The van der Waals surface area contributed by atoms with Gasteiger partial charge in [-0.2, -0.15) is 0 Å². The van der Waals surface area contributed by atoms with Gasteiger partial charge in [0.2, 0.25) is 0 Å². The summed E-state index contributed by atoms with van der Waals surface area (Å²) in [5.41, 5.74) is 4.88. The van der Waals surface area contributed by atoms with Gasteiger partial charge in [-0.25, -0.2) is 13.4 Å². The second kappa shape index (κ2) is 6.73. The van der Waals surface area contributed by atoms with E-state index in [2.05, 4.69) is 14.3 Å². The van der Waals surface area contributed by atoms with Crippen LogP contribution in [0.4, 0.5) is 5.69 Å². The molecule has 0 spiro atoms. The van der Waals surface area contributed by atoms with Gasteiger partial charge in [-0.3, -0.25) is 4.72 Å². The molecular formula is C20H21N3O2S2. The molecule has 140 valence electrons. The molecule has 0 atom stereocenters. The van der Waals surface area contributed by atoms with Crippen LogP contribution in [0.15, 0.2) is 52.6 Å². The van der Waals surface area contributed by atoms with E-state index < -0.39 is 10.0 Å². The van der Waals surface area contributed by atoms with Crippen molar-refractivity contribution in [3.63, 3.8) is 0 Å². The minimum absolute atomic E-state index is 0.309. The molecule has 4 rings (SSSR count). The second-order valence-corrected chi connectivity index (χ2v) is 9.52. The lowest BCUT2D eigenvalue weighted by molar-refractivity contribution is 0.600. The number of hydrogen-bond donors (Lipinski definition) is 1. The maximum absolute atomic E-state index is 13.1. The zero-order chi connectivity index (χ0) is 19.2. The van der Waals surface area contributed by atoms with Crippen molar-refractivity contribution in [3.8, 4) is 11.3 Å². The molecule has 0 saturated carbocycles. The quantitative estimate of drug-likeness (QED) is 0.707. The van der Waals surface area contributed by atoms with Crippen molar-refractivity contribution in [2.75, 3.05) is 10.5 Å². The number of benzene rings is 2. The summed E-state index contributed by atoms with van der Waals surface area (Å²) in [4.78, 5) is 4.97. The van der Waals surface area contributed by atoms with Gasteiger partial charge < -0.3 is 4.57 Å². The van der Waals surface area contributed by atoms with E-state index in [0.717, 1.165) is 45.4 Å². The van der Waals surface area contributed by atoms with Crippen LogP contribution < -0.4 is 4.72 Å². The smallest absolute Gasteiger partial charge is 0.262 e. The van der Waals surface area contributed by atoms with Crippen LogP contribution in [-0.2, 0) is 16.6 Å². The van der Waals surface area contributed by atoms with Gasteiger partial charge in [0.25, 0.3) is 10.0 Å². The molecule has 2 aromatic carbocycles. The van der Waals surface area contributed by atoms with Gasteiger partial charge in [0.05, 0.1) is 16.3 Å². The number of nitrogens with zero attached hydrogens (tertiary/aromatic N) is 2. The molecular weight excluding hydrogens is 378 g/mol. The third-order valence-electron chi connectivity index (χ3n) is 4.83. The Hall–Kier alpha value is -2.25. The number of aromatic nitrogens is 2. The summed E-state index contributed by atoms with van der Waals surface area (Å²) in [7, 11) is -3.70. The predicted molar refractivity (Wildman–Crippen MR) is 110 cm³/mol. The summed E-state index contributed by atoms with van der Waals surface area (Å²) < 4.78 is 31.0. The van der Waals surface area contributed by atoms with Crippen LogP contribution in [0.25, 0.3) is 11.3 Å². The molecule has 0 radical (unpaired) electrons. The summed E-state index contributed by atoms with van der Waals surface area (Å²) in [6, 6.07) is 11.0. The summed E-state index contributed by atoms with van der Waals surface area (Å²) in [5, 5.41) is 0.979. The average molecular weight is 400 g/mol. The highest BCUT2D eigenvalue weighted by molar-refractivity contribution is 7.99. The summed E-state index contributed by atoms with van der Waals surface area (Å²) in [6.45, 7) is 6.66. The SMILES string of the molecule is Cc1cc(C)c(S(=O)(=O)Nc2ccccc2-c2cn3c(n2)SCC3)cc1C. The van der Waals surface area contributed by atoms with Crippen LogP contribution >= 0.6 is 11.8 Å². The maximum atomic E-state index is 13.1. The zero-order valence-electron chi connectivity index (χ0n) is 15.5. The van der Waals surface area contributed by atoms with Crippen molar-refractivity contribution in [2.24, 2.45) is 0 Å². The summed E-state index contributed by atoms with van der Waals surface area (Å²) in [5.74, 6) is 1.03. The normalized spacial score (nSPS) is 13.6. The highest BCUT2D eigenvalue weighted by Gasteiger charge is 2.21. The monoisotopic (exact) mass is 399 g/mol. The van der Waals surface area contributed by atoms with E-state index in [9.17, 15) is 8.42 Å². The molecule has 7 heteroatoms. The fourth-order valence-corrected chi connectivity index (χ4v) is 5.59. The number of imidazole rings is 1. The van der Waals surface area contributed by atoms with Crippen molar-refractivity contribution < 1.29 is 8.42 Å².